The molecule has 29 heavy (non-hydrogen) atoms. The van der Waals surface area contributed by atoms with Crippen molar-refractivity contribution in [1.82, 2.24) is 14.5 Å². The van der Waals surface area contributed by atoms with Crippen LogP contribution in [0.15, 0.2) is 60.8 Å². The van der Waals surface area contributed by atoms with Crippen LogP contribution in [-0.2, 0) is 11.8 Å². The fraction of sp³-hybridized carbons (Fsp3) is 0.333. The van der Waals surface area contributed by atoms with Gasteiger partial charge in [0.15, 0.2) is 0 Å². The summed E-state index contributed by atoms with van der Waals surface area (Å²) < 4.78 is 7.54. The number of amides is 1. The molecule has 1 fully saturated rings. The molecule has 5 nitrogen and oxygen atoms in total. The van der Waals surface area contributed by atoms with E-state index in [2.05, 4.69) is 21.7 Å². The molecule has 1 saturated heterocycles. The third-order valence-corrected chi connectivity index (χ3v) is 6.01. The highest BCUT2D eigenvalue weighted by atomic mass is 16.5. The Labute approximate surface area is 171 Å². The van der Waals surface area contributed by atoms with Gasteiger partial charge in [-0.2, -0.15) is 0 Å². The molecule has 0 unspecified atom stereocenters. The summed E-state index contributed by atoms with van der Waals surface area (Å²) in [5.74, 6) is 0.522. The van der Waals surface area contributed by atoms with Gasteiger partial charge >= 0.3 is 0 Å². The van der Waals surface area contributed by atoms with Crippen molar-refractivity contribution in [2.75, 3.05) is 26.8 Å². The van der Waals surface area contributed by atoms with Crippen molar-refractivity contribution in [1.29, 1.82) is 0 Å². The highest BCUT2D eigenvalue weighted by molar-refractivity contribution is 5.97. The van der Waals surface area contributed by atoms with E-state index in [1.807, 2.05) is 67.5 Å². The second kappa shape index (κ2) is 8.21. The van der Waals surface area contributed by atoms with Gasteiger partial charge in [0, 0.05) is 62.4 Å². The van der Waals surface area contributed by atoms with E-state index in [1.165, 1.54) is 0 Å². The van der Waals surface area contributed by atoms with E-state index in [0.29, 0.717) is 19.7 Å². The molecule has 1 aliphatic rings. The van der Waals surface area contributed by atoms with Gasteiger partial charge in [-0.15, -0.1) is 0 Å². The second-order valence-electron chi connectivity index (χ2n) is 7.74. The minimum Gasteiger partial charge on any atom is -0.384 e. The summed E-state index contributed by atoms with van der Waals surface area (Å²) in [5, 5.41) is 0. The summed E-state index contributed by atoms with van der Waals surface area (Å²) in [6, 6.07) is 18.2. The molecule has 150 valence electrons. The van der Waals surface area contributed by atoms with E-state index < -0.39 is 0 Å². The van der Waals surface area contributed by atoms with Crippen molar-refractivity contribution in [3.63, 3.8) is 0 Å². The number of carbonyl (C=O) groups excluding carboxylic acids is 1. The number of hydrogen-bond donors (Lipinski definition) is 0. The highest BCUT2D eigenvalue weighted by Crippen LogP contribution is 2.34. The van der Waals surface area contributed by atoms with Crippen LogP contribution >= 0.6 is 0 Å². The first-order valence-corrected chi connectivity index (χ1v) is 10.0. The number of pyridine rings is 1. The average Bonchev–Trinajstić information content (AvgIpc) is 3.31. The molecule has 0 saturated carbocycles. The molecule has 0 bridgehead atoms. The van der Waals surface area contributed by atoms with E-state index in [0.717, 1.165) is 28.2 Å². The molecule has 0 N–H and O–H groups in total. The molecule has 0 aliphatic carbocycles. The third kappa shape index (κ3) is 3.70. The Kier molecular flexibility index (Phi) is 5.49. The molecule has 0 spiro atoms. The quantitative estimate of drug-likeness (QED) is 0.665. The normalized spacial score (nSPS) is 18.9. The zero-order chi connectivity index (χ0) is 20.4. The number of hydrogen-bond acceptors (Lipinski definition) is 3. The molecule has 3 heterocycles. The largest absolute Gasteiger partial charge is 0.384 e. The molecule has 4 rings (SSSR count). The van der Waals surface area contributed by atoms with Gasteiger partial charge in [-0.05, 0) is 30.7 Å². The van der Waals surface area contributed by atoms with E-state index in [1.54, 1.807) is 7.11 Å². The number of likely N-dealkylation sites (tertiary alicyclic amines) is 1. The molecule has 1 aliphatic heterocycles. The first kappa shape index (κ1) is 19.4. The van der Waals surface area contributed by atoms with E-state index in [-0.39, 0.29) is 17.7 Å². The van der Waals surface area contributed by atoms with Crippen molar-refractivity contribution >= 4 is 5.91 Å². The van der Waals surface area contributed by atoms with E-state index in [9.17, 15) is 4.79 Å². The lowest BCUT2D eigenvalue weighted by Crippen LogP contribution is -2.29. The number of methoxy groups -OCH3 is 1. The predicted octanol–water partition coefficient (Wildman–Crippen LogP) is 3.90. The lowest BCUT2D eigenvalue weighted by molar-refractivity contribution is 0.0774. The average molecular weight is 389 g/mol. The number of ether oxygens (including phenoxy) is 1. The molecule has 2 atom stereocenters. The van der Waals surface area contributed by atoms with Crippen LogP contribution in [0.2, 0.25) is 0 Å². The van der Waals surface area contributed by atoms with E-state index >= 15 is 0 Å². The predicted molar refractivity (Wildman–Crippen MR) is 114 cm³/mol. The van der Waals surface area contributed by atoms with Crippen LogP contribution in [-0.4, -0.2) is 47.2 Å². The monoisotopic (exact) mass is 389 g/mol. The molecular weight excluding hydrogens is 362 g/mol. The summed E-state index contributed by atoms with van der Waals surface area (Å²) in [6.45, 7) is 3.98. The van der Waals surface area contributed by atoms with Crippen LogP contribution in [0.1, 0.15) is 27.7 Å². The van der Waals surface area contributed by atoms with Crippen LogP contribution in [0.4, 0.5) is 0 Å². The highest BCUT2D eigenvalue weighted by Gasteiger charge is 2.38. The van der Waals surface area contributed by atoms with E-state index in [4.69, 9.17) is 4.74 Å². The van der Waals surface area contributed by atoms with Gasteiger partial charge in [0.1, 0.15) is 0 Å². The van der Waals surface area contributed by atoms with Gasteiger partial charge in [-0.25, -0.2) is 0 Å². The summed E-state index contributed by atoms with van der Waals surface area (Å²) in [7, 11) is 3.73. The Bertz CT molecular complexity index is 982. The maximum absolute atomic E-state index is 13.4. The molecule has 5 heteroatoms. The van der Waals surface area contributed by atoms with Gasteiger partial charge in [-0.3, -0.25) is 9.78 Å². The summed E-state index contributed by atoms with van der Waals surface area (Å²) >= 11 is 0. The van der Waals surface area contributed by atoms with Crippen LogP contribution in [0, 0.1) is 12.8 Å². The SMILES string of the molecule is COC[C@@H]1CN(C(=O)c2cc(-c3ccccc3)n(C)c2C)C[C@H]1c1ccccn1. The van der Waals surface area contributed by atoms with Crippen molar-refractivity contribution in [2.24, 2.45) is 13.0 Å². The molecule has 1 amide bonds. The molecular formula is C24H27N3O2. The zero-order valence-electron chi connectivity index (χ0n) is 17.2. The lowest BCUT2D eigenvalue weighted by atomic mass is 9.93. The van der Waals surface area contributed by atoms with Crippen LogP contribution in [0.3, 0.4) is 0 Å². The van der Waals surface area contributed by atoms with Crippen LogP contribution < -0.4 is 0 Å². The maximum atomic E-state index is 13.4. The zero-order valence-corrected chi connectivity index (χ0v) is 17.2. The third-order valence-electron chi connectivity index (χ3n) is 6.01. The Morgan fingerprint density at radius 2 is 1.90 bits per heavy atom. The standard InChI is InChI=1S/C24H27N3O2/c1-17-20(13-23(26(17)2)18-9-5-4-6-10-18)24(28)27-14-19(16-29-3)21(15-27)22-11-7-8-12-25-22/h4-13,19,21H,14-16H2,1-3H3/t19-,21+/m0/s1. The van der Waals surface area contributed by atoms with Gasteiger partial charge < -0.3 is 14.2 Å². The fourth-order valence-corrected chi connectivity index (χ4v) is 4.32. The number of aromatic nitrogens is 2. The first-order chi connectivity index (χ1) is 14.1. The first-order valence-electron chi connectivity index (χ1n) is 10.0. The van der Waals surface area contributed by atoms with Crippen molar-refractivity contribution in [2.45, 2.75) is 12.8 Å². The Morgan fingerprint density at radius 3 is 2.59 bits per heavy atom. The molecule has 0 radical (unpaired) electrons. The fourth-order valence-electron chi connectivity index (χ4n) is 4.32. The number of nitrogens with zero attached hydrogens (tertiary/aromatic N) is 3. The summed E-state index contributed by atoms with van der Waals surface area (Å²) in [5.41, 5.74) is 4.95. The topological polar surface area (TPSA) is 47.4 Å². The van der Waals surface area contributed by atoms with Gasteiger partial charge in [0.25, 0.3) is 5.91 Å². The van der Waals surface area contributed by atoms with Gasteiger partial charge in [0.2, 0.25) is 0 Å². The number of rotatable bonds is 5. The summed E-state index contributed by atoms with van der Waals surface area (Å²) in [6.07, 6.45) is 1.82. The number of benzene rings is 1. The Balaban J connectivity index is 1.62. The van der Waals surface area contributed by atoms with Crippen LogP contribution in [0.5, 0.6) is 0 Å². The minimum absolute atomic E-state index is 0.0832. The van der Waals surface area contributed by atoms with Gasteiger partial charge in [0.05, 0.1) is 12.2 Å². The molecule has 1 aromatic carbocycles. The molecule has 3 aromatic rings. The Hall–Kier alpha value is -2.92. The smallest absolute Gasteiger partial charge is 0.255 e. The van der Waals surface area contributed by atoms with Crippen LogP contribution in [0.25, 0.3) is 11.3 Å². The van der Waals surface area contributed by atoms with Crippen molar-refractivity contribution < 1.29 is 9.53 Å². The second-order valence-corrected chi connectivity index (χ2v) is 7.74. The number of carbonyl (C=O) groups is 1. The lowest BCUT2D eigenvalue weighted by Gasteiger charge is -2.16. The van der Waals surface area contributed by atoms with Gasteiger partial charge in [-0.1, -0.05) is 36.4 Å². The van der Waals surface area contributed by atoms with Crippen molar-refractivity contribution in [3.8, 4) is 11.3 Å². The summed E-state index contributed by atoms with van der Waals surface area (Å²) in [4.78, 5) is 19.9. The maximum Gasteiger partial charge on any atom is 0.255 e. The van der Waals surface area contributed by atoms with Crippen molar-refractivity contribution in [3.05, 3.63) is 77.7 Å². The minimum atomic E-state index is 0.0832. The molecule has 2 aromatic heterocycles. The Morgan fingerprint density at radius 1 is 1.14 bits per heavy atom.